The maximum atomic E-state index is 12.1. The van der Waals surface area contributed by atoms with Crippen molar-refractivity contribution in [3.63, 3.8) is 0 Å². The van der Waals surface area contributed by atoms with Crippen molar-refractivity contribution in [2.24, 2.45) is 0 Å². The molecule has 0 bridgehead atoms. The van der Waals surface area contributed by atoms with Crippen LogP contribution in [0.15, 0.2) is 18.2 Å². The molecule has 1 aromatic rings. The smallest absolute Gasteiger partial charge is 0.251 e. The molecule has 4 heteroatoms. The summed E-state index contributed by atoms with van der Waals surface area (Å²) in [5, 5.41) is 3.03. The molecular formula is C17H27N3O. The van der Waals surface area contributed by atoms with Crippen molar-refractivity contribution < 1.29 is 4.79 Å². The number of benzene rings is 1. The number of nitrogens with one attached hydrogen (secondary N) is 1. The van der Waals surface area contributed by atoms with Gasteiger partial charge in [0, 0.05) is 38.3 Å². The minimum absolute atomic E-state index is 0.0418. The molecule has 0 atom stereocenters. The van der Waals surface area contributed by atoms with Crippen LogP contribution >= 0.6 is 0 Å². The topological polar surface area (TPSA) is 35.6 Å². The Kier molecular flexibility index (Phi) is 5.76. The lowest BCUT2D eigenvalue weighted by molar-refractivity contribution is 0.0949. The van der Waals surface area contributed by atoms with Crippen LogP contribution in [0.4, 0.5) is 0 Å². The normalized spacial score (nSPS) is 16.9. The number of carbonyl (C=O) groups excluding carboxylic acids is 1. The third kappa shape index (κ3) is 5.14. The molecule has 1 aliphatic rings. The van der Waals surface area contributed by atoms with Crippen molar-refractivity contribution in [2.45, 2.75) is 20.3 Å². The Morgan fingerprint density at radius 2 is 1.71 bits per heavy atom. The fraction of sp³-hybridized carbons (Fsp3) is 0.588. The lowest BCUT2D eigenvalue weighted by Crippen LogP contribution is -2.45. The predicted molar refractivity (Wildman–Crippen MR) is 86.8 cm³/mol. The molecule has 116 valence electrons. The average molecular weight is 289 g/mol. The van der Waals surface area contributed by atoms with E-state index in [1.165, 1.54) is 0 Å². The van der Waals surface area contributed by atoms with Crippen LogP contribution in [0.2, 0.25) is 0 Å². The summed E-state index contributed by atoms with van der Waals surface area (Å²) in [4.78, 5) is 16.9. The van der Waals surface area contributed by atoms with Gasteiger partial charge >= 0.3 is 0 Å². The van der Waals surface area contributed by atoms with Gasteiger partial charge in [0.05, 0.1) is 0 Å². The number of aryl methyl sites for hydroxylation is 2. The highest BCUT2D eigenvalue weighted by Gasteiger charge is 2.13. The fourth-order valence-corrected chi connectivity index (χ4v) is 2.78. The van der Waals surface area contributed by atoms with Crippen molar-refractivity contribution >= 4 is 5.91 Å². The van der Waals surface area contributed by atoms with Gasteiger partial charge in [-0.15, -0.1) is 0 Å². The monoisotopic (exact) mass is 289 g/mol. The summed E-state index contributed by atoms with van der Waals surface area (Å²) < 4.78 is 0. The Morgan fingerprint density at radius 1 is 1.10 bits per heavy atom. The van der Waals surface area contributed by atoms with Crippen molar-refractivity contribution in [3.8, 4) is 0 Å². The standard InChI is InChI=1S/C17H27N3O/c1-14-11-15(2)13-16(12-14)17(21)18-5-4-6-20-9-7-19(3)8-10-20/h11-13H,4-10H2,1-3H3,(H,18,21). The van der Waals surface area contributed by atoms with Crippen molar-refractivity contribution in [3.05, 3.63) is 34.9 Å². The van der Waals surface area contributed by atoms with Gasteiger partial charge in [0.15, 0.2) is 0 Å². The molecule has 0 aromatic heterocycles. The SMILES string of the molecule is Cc1cc(C)cc(C(=O)NCCCN2CCN(C)CC2)c1. The van der Waals surface area contributed by atoms with E-state index in [0.29, 0.717) is 0 Å². The molecule has 0 spiro atoms. The maximum Gasteiger partial charge on any atom is 0.251 e. The van der Waals surface area contributed by atoms with E-state index >= 15 is 0 Å². The predicted octanol–water partition coefficient (Wildman–Crippen LogP) is 1.67. The molecule has 1 aromatic carbocycles. The third-order valence-electron chi connectivity index (χ3n) is 4.02. The molecule has 0 aliphatic carbocycles. The van der Waals surface area contributed by atoms with E-state index in [4.69, 9.17) is 0 Å². The van der Waals surface area contributed by atoms with Crippen LogP contribution in [0.25, 0.3) is 0 Å². The van der Waals surface area contributed by atoms with Crippen LogP contribution in [-0.2, 0) is 0 Å². The van der Waals surface area contributed by atoms with Crippen LogP contribution in [0.3, 0.4) is 0 Å². The van der Waals surface area contributed by atoms with Crippen LogP contribution in [0, 0.1) is 13.8 Å². The molecule has 2 rings (SSSR count). The average Bonchev–Trinajstić information content (AvgIpc) is 2.44. The minimum Gasteiger partial charge on any atom is -0.352 e. The molecule has 1 fully saturated rings. The van der Waals surface area contributed by atoms with Gasteiger partial charge in [0.2, 0.25) is 0 Å². The first-order valence-electron chi connectivity index (χ1n) is 7.82. The van der Waals surface area contributed by atoms with E-state index in [-0.39, 0.29) is 5.91 Å². The number of nitrogens with zero attached hydrogens (tertiary/aromatic N) is 2. The summed E-state index contributed by atoms with van der Waals surface area (Å²) in [6.07, 6.45) is 1.01. The highest BCUT2D eigenvalue weighted by Crippen LogP contribution is 2.08. The second-order valence-corrected chi connectivity index (χ2v) is 6.13. The van der Waals surface area contributed by atoms with Gasteiger partial charge < -0.3 is 15.1 Å². The summed E-state index contributed by atoms with van der Waals surface area (Å²) in [7, 11) is 2.17. The van der Waals surface area contributed by atoms with Crippen molar-refractivity contribution in [2.75, 3.05) is 46.3 Å². The zero-order chi connectivity index (χ0) is 15.2. The quantitative estimate of drug-likeness (QED) is 0.838. The van der Waals surface area contributed by atoms with Crippen LogP contribution in [0.1, 0.15) is 27.9 Å². The lowest BCUT2D eigenvalue weighted by Gasteiger charge is -2.32. The molecule has 1 N–H and O–H groups in total. The zero-order valence-electron chi connectivity index (χ0n) is 13.5. The molecule has 1 saturated heterocycles. The van der Waals surface area contributed by atoms with E-state index in [1.807, 2.05) is 26.0 Å². The van der Waals surface area contributed by atoms with Crippen LogP contribution in [0.5, 0.6) is 0 Å². The zero-order valence-corrected chi connectivity index (χ0v) is 13.5. The number of amides is 1. The van der Waals surface area contributed by atoms with E-state index in [2.05, 4.69) is 28.2 Å². The molecule has 21 heavy (non-hydrogen) atoms. The number of piperazine rings is 1. The van der Waals surface area contributed by atoms with Gasteiger partial charge in [-0.1, -0.05) is 17.2 Å². The van der Waals surface area contributed by atoms with Gasteiger partial charge in [-0.25, -0.2) is 0 Å². The number of rotatable bonds is 5. The number of hydrogen-bond donors (Lipinski definition) is 1. The highest BCUT2D eigenvalue weighted by molar-refractivity contribution is 5.94. The van der Waals surface area contributed by atoms with Crippen molar-refractivity contribution in [1.82, 2.24) is 15.1 Å². The summed E-state index contributed by atoms with van der Waals surface area (Å²) in [6, 6.07) is 5.98. The third-order valence-corrected chi connectivity index (χ3v) is 4.02. The molecule has 1 amide bonds. The van der Waals surface area contributed by atoms with Gasteiger partial charge in [-0.3, -0.25) is 4.79 Å². The molecule has 0 saturated carbocycles. The van der Waals surface area contributed by atoms with E-state index in [0.717, 1.165) is 62.4 Å². The van der Waals surface area contributed by atoms with Crippen LogP contribution < -0.4 is 5.32 Å². The Balaban J connectivity index is 1.69. The summed E-state index contributed by atoms with van der Waals surface area (Å²) in [5.41, 5.74) is 3.04. The second kappa shape index (κ2) is 7.57. The molecular weight excluding hydrogens is 262 g/mol. The van der Waals surface area contributed by atoms with E-state index in [1.54, 1.807) is 0 Å². The maximum absolute atomic E-state index is 12.1. The Hall–Kier alpha value is -1.39. The summed E-state index contributed by atoms with van der Waals surface area (Å²) >= 11 is 0. The van der Waals surface area contributed by atoms with E-state index < -0.39 is 0 Å². The van der Waals surface area contributed by atoms with Crippen LogP contribution in [-0.4, -0.2) is 62.0 Å². The largest absolute Gasteiger partial charge is 0.352 e. The Bertz CT molecular complexity index is 459. The molecule has 0 unspecified atom stereocenters. The summed E-state index contributed by atoms with van der Waals surface area (Å²) in [6.45, 7) is 10.4. The molecule has 4 nitrogen and oxygen atoms in total. The first-order chi connectivity index (χ1) is 10.0. The minimum atomic E-state index is 0.0418. The summed E-state index contributed by atoms with van der Waals surface area (Å²) in [5.74, 6) is 0.0418. The Labute approximate surface area is 128 Å². The fourth-order valence-electron chi connectivity index (χ4n) is 2.78. The molecule has 1 aliphatic heterocycles. The molecule has 1 heterocycles. The first kappa shape index (κ1) is 16.0. The second-order valence-electron chi connectivity index (χ2n) is 6.13. The van der Waals surface area contributed by atoms with Gasteiger partial charge in [0.25, 0.3) is 5.91 Å². The molecule has 0 radical (unpaired) electrons. The Morgan fingerprint density at radius 3 is 2.33 bits per heavy atom. The first-order valence-corrected chi connectivity index (χ1v) is 7.82. The highest BCUT2D eigenvalue weighted by atomic mass is 16.1. The number of likely N-dealkylation sites (N-methyl/N-ethyl adjacent to an activating group) is 1. The van der Waals surface area contributed by atoms with Crippen molar-refractivity contribution in [1.29, 1.82) is 0 Å². The van der Waals surface area contributed by atoms with Gasteiger partial charge in [-0.05, 0) is 46.0 Å². The van der Waals surface area contributed by atoms with E-state index in [9.17, 15) is 4.79 Å². The van der Waals surface area contributed by atoms with Gasteiger partial charge in [0.1, 0.15) is 0 Å². The lowest BCUT2D eigenvalue weighted by atomic mass is 10.1. The van der Waals surface area contributed by atoms with Gasteiger partial charge in [-0.2, -0.15) is 0 Å². The number of hydrogen-bond acceptors (Lipinski definition) is 3. The number of carbonyl (C=O) groups is 1.